The first-order chi connectivity index (χ1) is 9.61. The fourth-order valence-corrected chi connectivity index (χ4v) is 2.08. The Bertz CT molecular complexity index is 495. The molecule has 1 aliphatic heterocycles. The number of aromatic nitrogens is 1. The van der Waals surface area contributed by atoms with Crippen LogP contribution in [0.4, 0.5) is 0 Å². The highest BCUT2D eigenvalue weighted by molar-refractivity contribution is 5.98. The van der Waals surface area contributed by atoms with Crippen LogP contribution in [0, 0.1) is 5.92 Å². The van der Waals surface area contributed by atoms with Gasteiger partial charge in [0.15, 0.2) is 5.84 Å². The van der Waals surface area contributed by atoms with E-state index in [1.165, 1.54) is 6.20 Å². The van der Waals surface area contributed by atoms with E-state index in [1.807, 2.05) is 6.92 Å². The molecule has 7 nitrogen and oxygen atoms in total. The zero-order valence-corrected chi connectivity index (χ0v) is 11.2. The highest BCUT2D eigenvalue weighted by atomic mass is 16.5. The number of nitrogens with two attached hydrogens (primary N) is 1. The van der Waals surface area contributed by atoms with Gasteiger partial charge in [0.1, 0.15) is 5.69 Å². The maximum absolute atomic E-state index is 12.0. The Labute approximate surface area is 116 Å². The van der Waals surface area contributed by atoms with Gasteiger partial charge in [0, 0.05) is 30.3 Å². The fourth-order valence-electron chi connectivity index (χ4n) is 2.08. The summed E-state index contributed by atoms with van der Waals surface area (Å²) >= 11 is 0. The van der Waals surface area contributed by atoms with Gasteiger partial charge in [0.05, 0.1) is 6.61 Å². The van der Waals surface area contributed by atoms with Gasteiger partial charge in [-0.25, -0.2) is 0 Å². The summed E-state index contributed by atoms with van der Waals surface area (Å²) < 4.78 is 5.30. The molecule has 1 aromatic rings. The van der Waals surface area contributed by atoms with Gasteiger partial charge in [-0.15, -0.1) is 0 Å². The number of oxime groups is 1. The molecule has 1 fully saturated rings. The fraction of sp³-hybridized carbons (Fsp3) is 0.462. The molecule has 1 aromatic heterocycles. The summed E-state index contributed by atoms with van der Waals surface area (Å²) in [6.45, 7) is 3.39. The average molecular weight is 278 g/mol. The minimum Gasteiger partial charge on any atom is -0.409 e. The molecule has 0 saturated carbocycles. The van der Waals surface area contributed by atoms with Crippen molar-refractivity contribution < 1.29 is 14.7 Å². The Morgan fingerprint density at radius 3 is 3.00 bits per heavy atom. The van der Waals surface area contributed by atoms with E-state index in [0.29, 0.717) is 23.8 Å². The van der Waals surface area contributed by atoms with Crippen LogP contribution in [0.25, 0.3) is 0 Å². The zero-order valence-electron chi connectivity index (χ0n) is 11.2. The van der Waals surface area contributed by atoms with Gasteiger partial charge in [-0.3, -0.25) is 9.78 Å². The average Bonchev–Trinajstić information content (AvgIpc) is 3.01. The SMILES string of the molecule is CC(NC(=O)c1ccc(/C(N)=N/O)cn1)C1CCOC1. The molecule has 20 heavy (non-hydrogen) atoms. The van der Waals surface area contributed by atoms with Gasteiger partial charge < -0.3 is 21.0 Å². The molecule has 2 atom stereocenters. The van der Waals surface area contributed by atoms with Gasteiger partial charge in [0.2, 0.25) is 0 Å². The third-order valence-electron chi connectivity index (χ3n) is 3.43. The van der Waals surface area contributed by atoms with Crippen molar-refractivity contribution >= 4 is 11.7 Å². The molecule has 1 saturated heterocycles. The van der Waals surface area contributed by atoms with Crippen molar-refractivity contribution in [1.29, 1.82) is 0 Å². The topological polar surface area (TPSA) is 110 Å². The van der Waals surface area contributed by atoms with Gasteiger partial charge in [-0.05, 0) is 25.5 Å². The Hall–Kier alpha value is -2.15. The number of carbonyl (C=O) groups is 1. The second kappa shape index (κ2) is 6.33. The molecule has 0 aromatic carbocycles. The monoisotopic (exact) mass is 278 g/mol. The van der Waals surface area contributed by atoms with Crippen molar-refractivity contribution in [2.45, 2.75) is 19.4 Å². The van der Waals surface area contributed by atoms with Crippen LogP contribution in [0.15, 0.2) is 23.5 Å². The molecular formula is C13H18N4O3. The number of nitrogens with one attached hydrogen (secondary N) is 1. The highest BCUT2D eigenvalue weighted by Crippen LogP contribution is 2.16. The quantitative estimate of drug-likeness (QED) is 0.318. The molecule has 2 heterocycles. The number of carbonyl (C=O) groups excluding carboxylic acids is 1. The van der Waals surface area contributed by atoms with Crippen LogP contribution in [-0.4, -0.2) is 41.2 Å². The van der Waals surface area contributed by atoms with E-state index < -0.39 is 0 Å². The van der Waals surface area contributed by atoms with Crippen molar-refractivity contribution in [3.05, 3.63) is 29.6 Å². The van der Waals surface area contributed by atoms with Crippen molar-refractivity contribution in [1.82, 2.24) is 10.3 Å². The highest BCUT2D eigenvalue weighted by Gasteiger charge is 2.24. The summed E-state index contributed by atoms with van der Waals surface area (Å²) in [5.41, 5.74) is 6.19. The van der Waals surface area contributed by atoms with Crippen molar-refractivity contribution in [2.75, 3.05) is 13.2 Å². The molecule has 4 N–H and O–H groups in total. The van der Waals surface area contributed by atoms with Gasteiger partial charge in [-0.2, -0.15) is 0 Å². The molecule has 2 rings (SSSR count). The first kappa shape index (κ1) is 14.3. The summed E-state index contributed by atoms with van der Waals surface area (Å²) in [7, 11) is 0. The van der Waals surface area contributed by atoms with Crippen molar-refractivity contribution in [3.63, 3.8) is 0 Å². The summed E-state index contributed by atoms with van der Waals surface area (Å²) in [6, 6.07) is 3.16. The molecule has 0 spiro atoms. The predicted molar refractivity (Wildman–Crippen MR) is 72.6 cm³/mol. The number of nitrogens with zero attached hydrogens (tertiary/aromatic N) is 2. The van der Waals surface area contributed by atoms with Crippen LogP contribution < -0.4 is 11.1 Å². The Balaban J connectivity index is 1.98. The second-order valence-corrected chi connectivity index (χ2v) is 4.80. The standard InChI is InChI=1S/C13H18N4O3/c1-8(10-4-5-20-7-10)16-13(18)11-3-2-9(6-15-11)12(14)17-19/h2-3,6,8,10,19H,4-5,7H2,1H3,(H2,14,17)(H,16,18). The van der Waals surface area contributed by atoms with Gasteiger partial charge in [-0.1, -0.05) is 5.16 Å². The normalized spacial score (nSPS) is 20.6. The minimum absolute atomic E-state index is 0.0375. The largest absolute Gasteiger partial charge is 0.409 e. The van der Waals surface area contributed by atoms with E-state index >= 15 is 0 Å². The number of ether oxygens (including phenoxy) is 1. The number of hydrogen-bond donors (Lipinski definition) is 3. The molecule has 0 radical (unpaired) electrons. The molecule has 7 heteroatoms. The van der Waals surface area contributed by atoms with Crippen LogP contribution in [0.1, 0.15) is 29.4 Å². The van der Waals surface area contributed by atoms with E-state index in [-0.39, 0.29) is 17.8 Å². The third kappa shape index (κ3) is 3.24. The zero-order chi connectivity index (χ0) is 14.5. The van der Waals surface area contributed by atoms with E-state index in [4.69, 9.17) is 15.7 Å². The van der Waals surface area contributed by atoms with Gasteiger partial charge >= 0.3 is 0 Å². The molecule has 108 valence electrons. The molecule has 2 unspecified atom stereocenters. The van der Waals surface area contributed by atoms with Gasteiger partial charge in [0.25, 0.3) is 5.91 Å². The lowest BCUT2D eigenvalue weighted by Gasteiger charge is -2.18. The van der Waals surface area contributed by atoms with Crippen LogP contribution >= 0.6 is 0 Å². The van der Waals surface area contributed by atoms with E-state index in [2.05, 4.69) is 15.5 Å². The number of pyridine rings is 1. The summed E-state index contributed by atoms with van der Waals surface area (Å²) in [5, 5.41) is 14.3. The lowest BCUT2D eigenvalue weighted by atomic mass is 10.0. The molecule has 0 aliphatic carbocycles. The maximum Gasteiger partial charge on any atom is 0.270 e. The smallest absolute Gasteiger partial charge is 0.270 e. The van der Waals surface area contributed by atoms with Crippen LogP contribution in [0.3, 0.4) is 0 Å². The lowest BCUT2D eigenvalue weighted by Crippen LogP contribution is -2.38. The van der Waals surface area contributed by atoms with Crippen LogP contribution in [0.2, 0.25) is 0 Å². The third-order valence-corrected chi connectivity index (χ3v) is 3.43. The summed E-state index contributed by atoms with van der Waals surface area (Å²) in [6.07, 6.45) is 2.35. The number of amidine groups is 1. The number of hydrogen-bond acceptors (Lipinski definition) is 5. The maximum atomic E-state index is 12.0. The Morgan fingerprint density at radius 1 is 1.65 bits per heavy atom. The Morgan fingerprint density at radius 2 is 2.45 bits per heavy atom. The second-order valence-electron chi connectivity index (χ2n) is 4.80. The summed E-state index contributed by atoms with van der Waals surface area (Å²) in [4.78, 5) is 16.0. The van der Waals surface area contributed by atoms with Crippen molar-refractivity contribution in [3.8, 4) is 0 Å². The molecular weight excluding hydrogens is 260 g/mol. The van der Waals surface area contributed by atoms with E-state index in [0.717, 1.165) is 13.0 Å². The molecule has 1 amide bonds. The Kier molecular flexibility index (Phi) is 4.52. The van der Waals surface area contributed by atoms with E-state index in [9.17, 15) is 4.79 Å². The number of rotatable bonds is 4. The first-order valence-electron chi connectivity index (χ1n) is 6.44. The lowest BCUT2D eigenvalue weighted by molar-refractivity contribution is 0.0917. The molecule has 1 aliphatic rings. The predicted octanol–water partition coefficient (Wildman–Crippen LogP) is 0.331. The van der Waals surface area contributed by atoms with Crippen LogP contribution in [0.5, 0.6) is 0 Å². The summed E-state index contributed by atoms with van der Waals surface area (Å²) in [5.74, 6) is 0.0618. The van der Waals surface area contributed by atoms with E-state index in [1.54, 1.807) is 12.1 Å². The molecule has 0 bridgehead atoms. The van der Waals surface area contributed by atoms with Crippen molar-refractivity contribution in [2.24, 2.45) is 16.8 Å². The number of amides is 1. The van der Waals surface area contributed by atoms with Crippen LogP contribution in [-0.2, 0) is 4.74 Å². The minimum atomic E-state index is -0.240. The first-order valence-corrected chi connectivity index (χ1v) is 6.44.